The second-order valence-electron chi connectivity index (χ2n) is 6.78. The third-order valence-corrected chi connectivity index (χ3v) is 4.94. The Bertz CT molecular complexity index is 1180. The van der Waals surface area contributed by atoms with Gasteiger partial charge in [-0.2, -0.15) is 10.2 Å². The van der Waals surface area contributed by atoms with Gasteiger partial charge >= 0.3 is 0 Å². The topological polar surface area (TPSA) is 72.3 Å². The normalized spacial score (nSPS) is 13.9. The monoisotopic (exact) mass is 366 g/mol. The average Bonchev–Trinajstić information content (AvgIpc) is 3.25. The van der Waals surface area contributed by atoms with Gasteiger partial charge in [-0.1, -0.05) is 0 Å². The predicted octanol–water partition coefficient (Wildman–Crippen LogP) is 3.81. The number of aryl methyl sites for hydroxylation is 2. The van der Waals surface area contributed by atoms with Crippen molar-refractivity contribution in [3.8, 4) is 22.5 Å². The van der Waals surface area contributed by atoms with E-state index >= 15 is 0 Å². The standard InChI is InChI=1S/C19H16F2N6/c1-10-6-12(13-9-23-25-19(13)24-10)16-15-4-2-3-5-27(15)26-18(16)17-14(21)7-11(20)8-22-17/h6-9H,2-5H2,1H3,(H,23,24,25). The van der Waals surface area contributed by atoms with Crippen molar-refractivity contribution in [2.75, 3.05) is 0 Å². The van der Waals surface area contributed by atoms with Crippen LogP contribution >= 0.6 is 0 Å². The fraction of sp³-hybridized carbons (Fsp3) is 0.263. The van der Waals surface area contributed by atoms with E-state index in [2.05, 4.69) is 25.3 Å². The molecular weight excluding hydrogens is 350 g/mol. The van der Waals surface area contributed by atoms with Crippen LogP contribution in [0.3, 0.4) is 0 Å². The molecule has 5 heterocycles. The zero-order valence-electron chi connectivity index (χ0n) is 14.6. The smallest absolute Gasteiger partial charge is 0.155 e. The molecule has 27 heavy (non-hydrogen) atoms. The molecule has 0 aromatic carbocycles. The lowest BCUT2D eigenvalue weighted by atomic mass is 9.95. The molecule has 0 unspecified atom stereocenters. The van der Waals surface area contributed by atoms with Crippen LogP contribution in [-0.2, 0) is 13.0 Å². The average molecular weight is 366 g/mol. The van der Waals surface area contributed by atoms with Crippen LogP contribution in [0.4, 0.5) is 8.78 Å². The highest BCUT2D eigenvalue weighted by atomic mass is 19.1. The van der Waals surface area contributed by atoms with Crippen LogP contribution in [0, 0.1) is 18.6 Å². The van der Waals surface area contributed by atoms with Crippen LogP contribution in [0.25, 0.3) is 33.5 Å². The second kappa shape index (κ2) is 5.94. The number of nitrogens with zero attached hydrogens (tertiary/aromatic N) is 5. The molecule has 1 N–H and O–H groups in total. The van der Waals surface area contributed by atoms with Crippen LogP contribution < -0.4 is 0 Å². The molecule has 0 saturated heterocycles. The molecule has 0 atom stereocenters. The first kappa shape index (κ1) is 16.0. The predicted molar refractivity (Wildman–Crippen MR) is 95.9 cm³/mol. The molecule has 1 aliphatic rings. The molecule has 8 heteroatoms. The molecule has 0 radical (unpaired) electrons. The Balaban J connectivity index is 1.85. The van der Waals surface area contributed by atoms with Crippen LogP contribution in [-0.4, -0.2) is 29.9 Å². The van der Waals surface area contributed by atoms with Gasteiger partial charge in [0.15, 0.2) is 11.5 Å². The number of halogens is 2. The molecule has 0 saturated carbocycles. The summed E-state index contributed by atoms with van der Waals surface area (Å²) in [6, 6.07) is 2.80. The van der Waals surface area contributed by atoms with Crippen molar-refractivity contribution in [1.29, 1.82) is 0 Å². The molecule has 0 amide bonds. The Labute approximate surface area is 153 Å². The van der Waals surface area contributed by atoms with Crippen LogP contribution in [0.1, 0.15) is 24.2 Å². The van der Waals surface area contributed by atoms with Crippen LogP contribution in [0.2, 0.25) is 0 Å². The Morgan fingerprint density at radius 2 is 2.00 bits per heavy atom. The molecule has 136 valence electrons. The summed E-state index contributed by atoms with van der Waals surface area (Å²) in [6.07, 6.45) is 5.62. The first-order valence-corrected chi connectivity index (χ1v) is 8.84. The molecule has 5 rings (SSSR count). The van der Waals surface area contributed by atoms with Gasteiger partial charge in [-0.15, -0.1) is 0 Å². The lowest BCUT2D eigenvalue weighted by Crippen LogP contribution is -2.11. The summed E-state index contributed by atoms with van der Waals surface area (Å²) in [4.78, 5) is 8.47. The number of rotatable bonds is 2. The van der Waals surface area contributed by atoms with E-state index in [0.29, 0.717) is 11.3 Å². The van der Waals surface area contributed by atoms with Gasteiger partial charge in [0.05, 0.1) is 12.4 Å². The summed E-state index contributed by atoms with van der Waals surface area (Å²) >= 11 is 0. The van der Waals surface area contributed by atoms with Crippen molar-refractivity contribution >= 4 is 11.0 Å². The number of nitrogens with one attached hydrogen (secondary N) is 1. The number of hydrogen-bond donors (Lipinski definition) is 1. The quantitative estimate of drug-likeness (QED) is 0.586. The van der Waals surface area contributed by atoms with Gasteiger partial charge in [-0.3, -0.25) is 9.78 Å². The molecule has 4 aromatic rings. The lowest BCUT2D eigenvalue weighted by molar-refractivity contribution is 0.487. The minimum atomic E-state index is -0.721. The first-order valence-electron chi connectivity index (χ1n) is 8.84. The van der Waals surface area contributed by atoms with E-state index in [-0.39, 0.29) is 5.69 Å². The van der Waals surface area contributed by atoms with Gasteiger partial charge in [0.25, 0.3) is 0 Å². The Kier molecular flexibility index (Phi) is 3.53. The van der Waals surface area contributed by atoms with E-state index < -0.39 is 11.6 Å². The number of aromatic amines is 1. The summed E-state index contributed by atoms with van der Waals surface area (Å²) in [7, 11) is 0. The Hall–Kier alpha value is -3.16. The van der Waals surface area contributed by atoms with E-state index in [1.54, 1.807) is 6.20 Å². The summed E-state index contributed by atoms with van der Waals surface area (Å²) in [5.41, 5.74) is 4.71. The lowest BCUT2D eigenvalue weighted by Gasteiger charge is -2.15. The molecule has 4 aromatic heterocycles. The first-order chi connectivity index (χ1) is 13.1. The van der Waals surface area contributed by atoms with Crippen LogP contribution in [0.15, 0.2) is 24.5 Å². The molecule has 6 nitrogen and oxygen atoms in total. The summed E-state index contributed by atoms with van der Waals surface area (Å²) in [5.74, 6) is -1.43. The number of hydrogen-bond acceptors (Lipinski definition) is 4. The van der Waals surface area contributed by atoms with E-state index in [4.69, 9.17) is 0 Å². The highest BCUT2D eigenvalue weighted by Gasteiger charge is 2.27. The summed E-state index contributed by atoms with van der Waals surface area (Å²) in [6.45, 7) is 2.67. The van der Waals surface area contributed by atoms with Gasteiger partial charge < -0.3 is 0 Å². The van der Waals surface area contributed by atoms with E-state index in [1.165, 1.54) is 0 Å². The molecule has 0 bridgehead atoms. The van der Waals surface area contributed by atoms with Crippen molar-refractivity contribution in [1.82, 2.24) is 29.9 Å². The maximum Gasteiger partial charge on any atom is 0.155 e. The number of pyridine rings is 2. The molecule has 0 spiro atoms. The van der Waals surface area contributed by atoms with Gasteiger partial charge in [0.2, 0.25) is 0 Å². The van der Waals surface area contributed by atoms with Crippen molar-refractivity contribution in [3.05, 3.63) is 47.5 Å². The minimum absolute atomic E-state index is 0.0550. The van der Waals surface area contributed by atoms with Gasteiger partial charge in [0.1, 0.15) is 17.2 Å². The molecule has 1 aliphatic heterocycles. The van der Waals surface area contributed by atoms with E-state index in [1.807, 2.05) is 17.7 Å². The zero-order chi connectivity index (χ0) is 18.5. The van der Waals surface area contributed by atoms with Gasteiger partial charge in [-0.25, -0.2) is 18.7 Å². The third kappa shape index (κ3) is 2.51. The van der Waals surface area contributed by atoms with E-state index in [0.717, 1.165) is 66.0 Å². The van der Waals surface area contributed by atoms with Crippen molar-refractivity contribution in [2.24, 2.45) is 0 Å². The van der Waals surface area contributed by atoms with Crippen molar-refractivity contribution in [2.45, 2.75) is 32.7 Å². The highest BCUT2D eigenvalue weighted by Crippen LogP contribution is 2.40. The molecular formula is C19H16F2N6. The van der Waals surface area contributed by atoms with Crippen molar-refractivity contribution in [3.63, 3.8) is 0 Å². The molecule has 0 aliphatic carbocycles. The largest absolute Gasteiger partial charge is 0.268 e. The van der Waals surface area contributed by atoms with Crippen LogP contribution in [0.5, 0.6) is 0 Å². The fourth-order valence-electron chi connectivity index (χ4n) is 3.79. The summed E-state index contributed by atoms with van der Waals surface area (Å²) < 4.78 is 29.8. The third-order valence-electron chi connectivity index (χ3n) is 4.94. The summed E-state index contributed by atoms with van der Waals surface area (Å²) in [5, 5.41) is 12.5. The number of H-pyrrole nitrogens is 1. The Morgan fingerprint density at radius 1 is 1.11 bits per heavy atom. The maximum absolute atomic E-state index is 14.5. The van der Waals surface area contributed by atoms with E-state index in [9.17, 15) is 8.78 Å². The SMILES string of the molecule is Cc1cc(-c2c(-c3ncc(F)cc3F)nn3c2CCCC3)c2cn[nH]c2n1. The fourth-order valence-corrected chi connectivity index (χ4v) is 3.79. The zero-order valence-corrected chi connectivity index (χ0v) is 14.6. The Morgan fingerprint density at radius 3 is 2.85 bits per heavy atom. The van der Waals surface area contributed by atoms with Crippen molar-refractivity contribution < 1.29 is 8.78 Å². The van der Waals surface area contributed by atoms with Gasteiger partial charge in [0, 0.05) is 40.5 Å². The maximum atomic E-state index is 14.5. The minimum Gasteiger partial charge on any atom is -0.268 e. The molecule has 0 fully saturated rings. The van der Waals surface area contributed by atoms with Gasteiger partial charge in [-0.05, 0) is 32.3 Å². The number of aromatic nitrogens is 6. The number of fused-ring (bicyclic) bond motifs is 2. The highest BCUT2D eigenvalue weighted by molar-refractivity contribution is 5.97. The second-order valence-corrected chi connectivity index (χ2v) is 6.78.